The van der Waals surface area contributed by atoms with Crippen LogP contribution in [-0.2, 0) is 29.1 Å². The van der Waals surface area contributed by atoms with Crippen molar-refractivity contribution in [2.24, 2.45) is 0 Å². The van der Waals surface area contributed by atoms with Gasteiger partial charge in [-0.05, 0) is 43.7 Å². The van der Waals surface area contributed by atoms with Crippen molar-refractivity contribution in [2.45, 2.75) is 84.2 Å². The lowest BCUT2D eigenvalue weighted by Gasteiger charge is -2.17. The van der Waals surface area contributed by atoms with Gasteiger partial charge in [0.05, 0.1) is 28.6 Å². The highest BCUT2D eigenvalue weighted by Gasteiger charge is 2.33. The van der Waals surface area contributed by atoms with Crippen LogP contribution < -0.4 is 10.0 Å². The number of halogens is 1. The van der Waals surface area contributed by atoms with Crippen molar-refractivity contribution in [3.05, 3.63) is 64.7 Å². The van der Waals surface area contributed by atoms with Crippen LogP contribution in [0.4, 0.5) is 5.69 Å². The Labute approximate surface area is 258 Å². The third kappa shape index (κ3) is 13.2. The topological polar surface area (TPSA) is 145 Å². The van der Waals surface area contributed by atoms with Crippen molar-refractivity contribution in [3.63, 3.8) is 0 Å². The molecule has 1 unspecified atom stereocenters. The fourth-order valence-corrected chi connectivity index (χ4v) is 5.42. The van der Waals surface area contributed by atoms with E-state index in [1.165, 1.54) is 63.3 Å². The highest BCUT2D eigenvalue weighted by molar-refractivity contribution is 7.90. The zero-order valence-corrected chi connectivity index (χ0v) is 26.3. The Hall–Kier alpha value is -3.44. The molecule has 0 saturated heterocycles. The normalized spacial score (nSPS) is 11.8. The summed E-state index contributed by atoms with van der Waals surface area (Å²) in [5.74, 6) is -4.21. The molecule has 0 fully saturated rings. The molecule has 43 heavy (non-hydrogen) atoms. The van der Waals surface area contributed by atoms with E-state index in [0.717, 1.165) is 31.7 Å². The Bertz CT molecular complexity index is 1320. The Morgan fingerprint density at radius 2 is 1.42 bits per heavy atom. The number of sulfonamides is 1. The first-order valence-corrected chi connectivity index (χ1v) is 16.7. The second-order valence-electron chi connectivity index (χ2n) is 10.0. The summed E-state index contributed by atoms with van der Waals surface area (Å²) in [4.78, 5) is 50.7. The molecule has 2 rings (SSSR count). The average molecular weight is 637 g/mol. The van der Waals surface area contributed by atoms with Gasteiger partial charge in [-0.25, -0.2) is 22.7 Å². The molecule has 1 atom stereocenters. The van der Waals surface area contributed by atoms with E-state index in [9.17, 15) is 27.6 Å². The Balaban J connectivity index is 1.96. The SMILES string of the molecule is CCCCCCCCCCCCS(=O)(=O)NC(=O)c1ccc(Cl)c(NC(=O)C(OC(=O)c2ccccc2)C(=O)OCC)c1. The number of carbonyl (C=O) groups is 4. The van der Waals surface area contributed by atoms with Gasteiger partial charge in [-0.15, -0.1) is 0 Å². The number of amides is 2. The molecule has 0 aliphatic heterocycles. The molecular formula is C31H41ClN2O8S. The summed E-state index contributed by atoms with van der Waals surface area (Å²) >= 11 is 6.19. The van der Waals surface area contributed by atoms with E-state index >= 15 is 0 Å². The predicted molar refractivity (Wildman–Crippen MR) is 165 cm³/mol. The van der Waals surface area contributed by atoms with Crippen molar-refractivity contribution in [3.8, 4) is 0 Å². The third-order valence-electron chi connectivity index (χ3n) is 6.47. The predicted octanol–water partition coefficient (Wildman–Crippen LogP) is 6.05. The molecule has 0 saturated carbocycles. The number of ether oxygens (including phenoxy) is 2. The monoisotopic (exact) mass is 636 g/mol. The molecule has 2 amide bonds. The van der Waals surface area contributed by atoms with Crippen molar-refractivity contribution in [1.29, 1.82) is 0 Å². The van der Waals surface area contributed by atoms with Crippen LogP contribution in [0.25, 0.3) is 0 Å². The Morgan fingerprint density at radius 3 is 2.02 bits per heavy atom. The van der Waals surface area contributed by atoms with Crippen molar-refractivity contribution >= 4 is 51.1 Å². The maximum absolute atomic E-state index is 13.0. The smallest absolute Gasteiger partial charge is 0.357 e. The van der Waals surface area contributed by atoms with Gasteiger partial charge in [-0.1, -0.05) is 94.5 Å². The van der Waals surface area contributed by atoms with Crippen molar-refractivity contribution < 1.29 is 37.1 Å². The van der Waals surface area contributed by atoms with E-state index in [-0.39, 0.29) is 34.2 Å². The summed E-state index contributed by atoms with van der Waals surface area (Å²) in [7, 11) is -3.89. The number of nitrogens with one attached hydrogen (secondary N) is 2. The number of anilines is 1. The molecule has 0 aliphatic carbocycles. The summed E-state index contributed by atoms with van der Waals surface area (Å²) in [6, 6.07) is 11.5. The number of benzene rings is 2. The second kappa shape index (κ2) is 19.0. The summed E-state index contributed by atoms with van der Waals surface area (Å²) in [6.07, 6.45) is 8.50. The fraction of sp³-hybridized carbons (Fsp3) is 0.484. The lowest BCUT2D eigenvalue weighted by atomic mass is 10.1. The molecule has 0 heterocycles. The van der Waals surface area contributed by atoms with E-state index in [0.29, 0.717) is 6.42 Å². The van der Waals surface area contributed by atoms with Crippen molar-refractivity contribution in [1.82, 2.24) is 4.72 Å². The van der Waals surface area contributed by atoms with Crippen LogP contribution in [0, 0.1) is 0 Å². The molecule has 2 aromatic carbocycles. The van der Waals surface area contributed by atoms with Crippen LogP contribution >= 0.6 is 11.6 Å². The Morgan fingerprint density at radius 1 is 0.814 bits per heavy atom. The highest BCUT2D eigenvalue weighted by atomic mass is 35.5. The number of esters is 2. The minimum atomic E-state index is -3.89. The van der Waals surface area contributed by atoms with E-state index in [1.807, 2.05) is 4.72 Å². The van der Waals surface area contributed by atoms with Crippen LogP contribution in [0.3, 0.4) is 0 Å². The molecule has 0 aliphatic rings. The van der Waals surface area contributed by atoms with Crippen LogP contribution in [0.2, 0.25) is 5.02 Å². The quantitative estimate of drug-likeness (QED) is 0.108. The summed E-state index contributed by atoms with van der Waals surface area (Å²) < 4.78 is 37.0. The highest BCUT2D eigenvalue weighted by Crippen LogP contribution is 2.24. The van der Waals surface area contributed by atoms with Gasteiger partial charge in [0.25, 0.3) is 17.9 Å². The molecule has 2 aromatic rings. The van der Waals surface area contributed by atoms with Crippen LogP contribution in [0.5, 0.6) is 0 Å². The van der Waals surface area contributed by atoms with E-state index in [1.54, 1.807) is 18.2 Å². The van der Waals surface area contributed by atoms with Crippen LogP contribution in [0.1, 0.15) is 98.8 Å². The molecule has 12 heteroatoms. The maximum Gasteiger partial charge on any atom is 0.357 e. The zero-order valence-electron chi connectivity index (χ0n) is 24.7. The molecular weight excluding hydrogens is 596 g/mol. The molecule has 0 radical (unpaired) electrons. The third-order valence-corrected chi connectivity index (χ3v) is 8.13. The minimum absolute atomic E-state index is 0.00452. The van der Waals surface area contributed by atoms with Crippen molar-refractivity contribution in [2.75, 3.05) is 17.7 Å². The zero-order chi connectivity index (χ0) is 31.7. The number of hydrogen-bond donors (Lipinski definition) is 2. The van der Waals surface area contributed by atoms with Gasteiger partial charge in [-0.2, -0.15) is 0 Å². The summed E-state index contributed by atoms with van der Waals surface area (Å²) in [6.45, 7) is 3.63. The van der Waals surface area contributed by atoms with Gasteiger partial charge in [0, 0.05) is 5.56 Å². The molecule has 0 spiro atoms. The summed E-state index contributed by atoms with van der Waals surface area (Å²) in [5.41, 5.74) is -0.0860. The van der Waals surface area contributed by atoms with Gasteiger partial charge in [-0.3, -0.25) is 9.59 Å². The molecule has 0 aromatic heterocycles. The molecule has 236 valence electrons. The summed E-state index contributed by atoms with van der Waals surface area (Å²) in [5, 5.41) is 2.35. The average Bonchev–Trinajstić information content (AvgIpc) is 2.98. The first kappa shape index (κ1) is 35.8. The second-order valence-corrected chi connectivity index (χ2v) is 12.3. The lowest BCUT2D eigenvalue weighted by molar-refractivity contribution is -0.157. The van der Waals surface area contributed by atoms with Crippen LogP contribution in [0.15, 0.2) is 48.5 Å². The largest absolute Gasteiger partial charge is 0.463 e. The fourth-order valence-electron chi connectivity index (χ4n) is 4.17. The first-order chi connectivity index (χ1) is 20.6. The number of unbranched alkanes of at least 4 members (excludes halogenated alkanes) is 9. The van der Waals surface area contributed by atoms with Gasteiger partial charge in [0.1, 0.15) is 0 Å². The van der Waals surface area contributed by atoms with Gasteiger partial charge in [0.15, 0.2) is 0 Å². The number of rotatable bonds is 19. The molecule has 2 N–H and O–H groups in total. The Kier molecular flexibility index (Phi) is 15.8. The first-order valence-electron chi connectivity index (χ1n) is 14.7. The standard InChI is InChI=1S/C31H41ClN2O8S/c1-3-5-6-7-8-9-10-11-12-16-21-43(39,40)34-28(35)24-19-20-25(32)26(22-24)33-29(36)27(31(38)41-4-2)42-30(37)23-17-14-13-15-18-23/h13-15,17-20,22,27H,3-12,16,21H2,1-2H3,(H,33,36)(H,34,35). The van der Waals surface area contributed by atoms with E-state index < -0.39 is 39.9 Å². The van der Waals surface area contributed by atoms with Gasteiger partial charge in [0.2, 0.25) is 10.0 Å². The van der Waals surface area contributed by atoms with Gasteiger partial charge >= 0.3 is 11.9 Å². The maximum atomic E-state index is 13.0. The molecule has 10 nitrogen and oxygen atoms in total. The lowest BCUT2D eigenvalue weighted by Crippen LogP contribution is -2.40. The number of carbonyl (C=O) groups excluding carboxylic acids is 4. The van der Waals surface area contributed by atoms with Gasteiger partial charge < -0.3 is 14.8 Å². The number of hydrogen-bond acceptors (Lipinski definition) is 8. The van der Waals surface area contributed by atoms with E-state index in [2.05, 4.69) is 12.2 Å². The van der Waals surface area contributed by atoms with Crippen LogP contribution in [-0.4, -0.2) is 50.6 Å². The molecule has 0 bridgehead atoms. The van der Waals surface area contributed by atoms with E-state index in [4.69, 9.17) is 21.1 Å². The minimum Gasteiger partial charge on any atom is -0.463 e.